The zero-order chi connectivity index (χ0) is 17.6. The van der Waals surface area contributed by atoms with E-state index < -0.39 is 0 Å². The second-order valence-electron chi connectivity index (χ2n) is 6.72. The molecule has 3 nitrogen and oxygen atoms in total. The Balaban J connectivity index is 1.66. The van der Waals surface area contributed by atoms with Crippen LogP contribution in [0.5, 0.6) is 0 Å². The molecule has 1 aliphatic rings. The molecule has 2 aromatic rings. The summed E-state index contributed by atoms with van der Waals surface area (Å²) >= 11 is 1.65. The molecule has 1 aromatic heterocycles. The van der Waals surface area contributed by atoms with E-state index in [0.717, 1.165) is 23.5 Å². The van der Waals surface area contributed by atoms with Crippen LogP contribution in [0.2, 0.25) is 0 Å². The average molecular weight is 360 g/mol. The summed E-state index contributed by atoms with van der Waals surface area (Å²) in [6, 6.07) is 10.7. The number of amides is 1. The van der Waals surface area contributed by atoms with Gasteiger partial charge in [0.15, 0.2) is 0 Å². The molecule has 0 spiro atoms. The van der Waals surface area contributed by atoms with Crippen LogP contribution in [0, 0.1) is 5.82 Å². The number of halogens is 1. The Morgan fingerprint density at radius 2 is 1.96 bits per heavy atom. The standard InChI is InChI=1S/C20H25FN2OS/c1-15(23-10-2-3-11-23)14-22-20(24)19(13-18-5-4-12-25-18)16-6-8-17(21)9-7-16/h4-9,12,15,19H,2-3,10-11,13-14H2,1H3,(H,22,24). The lowest BCUT2D eigenvalue weighted by Gasteiger charge is -2.25. The highest BCUT2D eigenvalue weighted by molar-refractivity contribution is 7.09. The average Bonchev–Trinajstić information content (AvgIpc) is 3.31. The minimum atomic E-state index is -0.287. The molecule has 134 valence electrons. The fraction of sp³-hybridized carbons (Fsp3) is 0.450. The number of carbonyl (C=O) groups is 1. The molecule has 0 aliphatic carbocycles. The fourth-order valence-corrected chi connectivity index (χ4v) is 4.12. The van der Waals surface area contributed by atoms with Crippen molar-refractivity contribution < 1.29 is 9.18 Å². The zero-order valence-electron chi connectivity index (χ0n) is 14.6. The van der Waals surface area contributed by atoms with Gasteiger partial charge in [0.1, 0.15) is 5.82 Å². The number of nitrogens with zero attached hydrogens (tertiary/aromatic N) is 1. The minimum absolute atomic E-state index is 0.0195. The van der Waals surface area contributed by atoms with E-state index in [0.29, 0.717) is 19.0 Å². The Morgan fingerprint density at radius 3 is 2.60 bits per heavy atom. The number of carbonyl (C=O) groups excluding carboxylic acids is 1. The molecule has 3 rings (SSSR count). The largest absolute Gasteiger partial charge is 0.354 e. The van der Waals surface area contributed by atoms with Crippen molar-refractivity contribution in [3.8, 4) is 0 Å². The summed E-state index contributed by atoms with van der Waals surface area (Å²) in [5.41, 5.74) is 0.862. The van der Waals surface area contributed by atoms with E-state index in [1.165, 1.54) is 25.0 Å². The molecule has 1 saturated heterocycles. The maximum atomic E-state index is 13.3. The third-order valence-electron chi connectivity index (χ3n) is 4.91. The van der Waals surface area contributed by atoms with Crippen molar-refractivity contribution in [3.05, 3.63) is 58.0 Å². The highest BCUT2D eigenvalue weighted by atomic mass is 32.1. The number of likely N-dealkylation sites (tertiary alicyclic amines) is 1. The van der Waals surface area contributed by atoms with Crippen molar-refractivity contribution >= 4 is 17.2 Å². The minimum Gasteiger partial charge on any atom is -0.354 e. The molecular formula is C20H25FN2OS. The Kier molecular flexibility index (Phi) is 6.21. The van der Waals surface area contributed by atoms with Gasteiger partial charge in [0.25, 0.3) is 0 Å². The molecule has 1 aliphatic heterocycles. The molecule has 1 aromatic carbocycles. The predicted molar refractivity (Wildman–Crippen MR) is 100 cm³/mol. The van der Waals surface area contributed by atoms with E-state index >= 15 is 0 Å². The zero-order valence-corrected chi connectivity index (χ0v) is 15.4. The van der Waals surface area contributed by atoms with E-state index in [1.807, 2.05) is 17.5 Å². The lowest BCUT2D eigenvalue weighted by Crippen LogP contribution is -2.42. The molecule has 25 heavy (non-hydrogen) atoms. The first-order chi connectivity index (χ1) is 12.1. The first kappa shape index (κ1) is 18.1. The van der Waals surface area contributed by atoms with Crippen molar-refractivity contribution in [2.75, 3.05) is 19.6 Å². The summed E-state index contributed by atoms with van der Waals surface area (Å²) in [5, 5.41) is 5.13. The number of rotatable bonds is 7. The Morgan fingerprint density at radius 1 is 1.24 bits per heavy atom. The first-order valence-electron chi connectivity index (χ1n) is 8.93. The highest BCUT2D eigenvalue weighted by Gasteiger charge is 2.24. The van der Waals surface area contributed by atoms with Crippen LogP contribution in [0.1, 0.15) is 36.1 Å². The van der Waals surface area contributed by atoms with Gasteiger partial charge in [-0.1, -0.05) is 18.2 Å². The quantitative estimate of drug-likeness (QED) is 0.814. The van der Waals surface area contributed by atoms with Gasteiger partial charge in [0.05, 0.1) is 5.92 Å². The maximum absolute atomic E-state index is 13.3. The Bertz CT molecular complexity index is 666. The molecule has 2 unspecified atom stereocenters. The summed E-state index contributed by atoms with van der Waals surface area (Å²) < 4.78 is 13.3. The van der Waals surface area contributed by atoms with Gasteiger partial charge in [0, 0.05) is 17.5 Å². The number of benzene rings is 1. The van der Waals surface area contributed by atoms with Crippen LogP contribution in [0.15, 0.2) is 41.8 Å². The van der Waals surface area contributed by atoms with E-state index in [2.05, 4.69) is 17.1 Å². The van der Waals surface area contributed by atoms with Crippen molar-refractivity contribution in [3.63, 3.8) is 0 Å². The summed E-state index contributed by atoms with van der Waals surface area (Å²) in [7, 11) is 0. The van der Waals surface area contributed by atoms with Gasteiger partial charge in [-0.15, -0.1) is 11.3 Å². The molecule has 1 amide bonds. The van der Waals surface area contributed by atoms with Crippen LogP contribution >= 0.6 is 11.3 Å². The van der Waals surface area contributed by atoms with Gasteiger partial charge in [-0.3, -0.25) is 9.69 Å². The van der Waals surface area contributed by atoms with Crippen molar-refractivity contribution in [1.29, 1.82) is 0 Å². The van der Waals surface area contributed by atoms with Crippen LogP contribution in [0.3, 0.4) is 0 Å². The monoisotopic (exact) mass is 360 g/mol. The summed E-state index contributed by atoms with van der Waals surface area (Å²) in [6.45, 7) is 5.06. The number of nitrogens with one attached hydrogen (secondary N) is 1. The van der Waals surface area contributed by atoms with Crippen LogP contribution in [0.25, 0.3) is 0 Å². The molecular weight excluding hydrogens is 335 g/mol. The molecule has 2 atom stereocenters. The molecule has 0 bridgehead atoms. The number of hydrogen-bond acceptors (Lipinski definition) is 3. The molecule has 2 heterocycles. The molecule has 5 heteroatoms. The third-order valence-corrected chi connectivity index (χ3v) is 5.81. The molecule has 0 saturated carbocycles. The van der Waals surface area contributed by atoms with Crippen LogP contribution < -0.4 is 5.32 Å². The van der Waals surface area contributed by atoms with Gasteiger partial charge in [-0.05, 0) is 68.4 Å². The number of hydrogen-bond donors (Lipinski definition) is 1. The van der Waals surface area contributed by atoms with Crippen LogP contribution in [0.4, 0.5) is 4.39 Å². The smallest absolute Gasteiger partial charge is 0.227 e. The molecule has 0 radical (unpaired) electrons. The normalized spacial score (nSPS) is 17.4. The van der Waals surface area contributed by atoms with E-state index in [4.69, 9.17) is 0 Å². The van der Waals surface area contributed by atoms with Gasteiger partial charge in [-0.25, -0.2) is 4.39 Å². The maximum Gasteiger partial charge on any atom is 0.227 e. The van der Waals surface area contributed by atoms with Gasteiger partial charge >= 0.3 is 0 Å². The summed E-state index contributed by atoms with van der Waals surface area (Å²) in [5.74, 6) is -0.544. The Labute approximate surface area is 152 Å². The second kappa shape index (κ2) is 8.59. The topological polar surface area (TPSA) is 32.3 Å². The van der Waals surface area contributed by atoms with Gasteiger partial charge in [-0.2, -0.15) is 0 Å². The first-order valence-corrected chi connectivity index (χ1v) is 9.81. The number of thiophene rings is 1. The van der Waals surface area contributed by atoms with E-state index in [1.54, 1.807) is 23.5 Å². The van der Waals surface area contributed by atoms with Crippen molar-refractivity contribution in [1.82, 2.24) is 10.2 Å². The van der Waals surface area contributed by atoms with Gasteiger partial charge in [0.2, 0.25) is 5.91 Å². The summed E-state index contributed by atoms with van der Waals surface area (Å²) in [6.07, 6.45) is 3.14. The van der Waals surface area contributed by atoms with Crippen molar-refractivity contribution in [2.24, 2.45) is 0 Å². The van der Waals surface area contributed by atoms with E-state index in [-0.39, 0.29) is 17.6 Å². The molecule has 1 N–H and O–H groups in total. The third kappa shape index (κ3) is 4.89. The second-order valence-corrected chi connectivity index (χ2v) is 7.76. The predicted octanol–water partition coefficient (Wildman–Crippen LogP) is 3.81. The lowest BCUT2D eigenvalue weighted by atomic mass is 9.94. The Hall–Kier alpha value is -1.72. The fourth-order valence-electron chi connectivity index (χ4n) is 3.37. The van der Waals surface area contributed by atoms with Crippen LogP contribution in [-0.4, -0.2) is 36.5 Å². The van der Waals surface area contributed by atoms with Gasteiger partial charge < -0.3 is 5.32 Å². The SMILES string of the molecule is CC(CNC(=O)C(Cc1cccs1)c1ccc(F)cc1)N1CCCC1. The lowest BCUT2D eigenvalue weighted by molar-refractivity contribution is -0.122. The summed E-state index contributed by atoms with van der Waals surface area (Å²) in [4.78, 5) is 16.4. The van der Waals surface area contributed by atoms with E-state index in [9.17, 15) is 9.18 Å². The molecule has 1 fully saturated rings. The van der Waals surface area contributed by atoms with Crippen molar-refractivity contribution in [2.45, 2.75) is 38.1 Å². The highest BCUT2D eigenvalue weighted by Crippen LogP contribution is 2.24. The van der Waals surface area contributed by atoms with Crippen LogP contribution in [-0.2, 0) is 11.2 Å².